The highest BCUT2D eigenvalue weighted by Crippen LogP contribution is 2.15. The first-order valence-electron chi connectivity index (χ1n) is 3.77. The Kier molecular flexibility index (Phi) is 1.69. The number of nitrogens with one attached hydrogen (secondary N) is 1. The third-order valence-corrected chi connectivity index (χ3v) is 1.83. The lowest BCUT2D eigenvalue weighted by Gasteiger charge is -2.07. The summed E-state index contributed by atoms with van der Waals surface area (Å²) in [5, 5.41) is 3.32. The topological polar surface area (TPSA) is 24.9 Å². The molecule has 0 aromatic carbocycles. The molecular weight excluding hydrogens is 136 g/mol. The maximum absolute atomic E-state index is 4.06. The minimum Gasteiger partial charge on any atom is -0.303 e. The summed E-state index contributed by atoms with van der Waals surface area (Å²) in [5.41, 5.74) is 1.24. The van der Waals surface area contributed by atoms with Gasteiger partial charge >= 0.3 is 0 Å². The van der Waals surface area contributed by atoms with Gasteiger partial charge in [-0.05, 0) is 11.6 Å². The van der Waals surface area contributed by atoms with Gasteiger partial charge in [0.1, 0.15) is 0 Å². The molecule has 1 aromatic heterocycles. The first-order valence-corrected chi connectivity index (χ1v) is 3.77. The molecule has 2 heteroatoms. The first kappa shape index (κ1) is 6.55. The second kappa shape index (κ2) is 2.84. The van der Waals surface area contributed by atoms with E-state index >= 15 is 0 Å². The number of hydrogen-bond acceptors (Lipinski definition) is 2. The van der Waals surface area contributed by atoms with E-state index in [-0.39, 0.29) is 0 Å². The van der Waals surface area contributed by atoms with Gasteiger partial charge in [-0.3, -0.25) is 4.98 Å². The van der Waals surface area contributed by atoms with Crippen molar-refractivity contribution in [1.29, 1.82) is 0 Å². The first-order chi connectivity index (χ1) is 5.47. The Morgan fingerprint density at radius 1 is 1.55 bits per heavy atom. The molecule has 56 valence electrons. The van der Waals surface area contributed by atoms with Crippen LogP contribution in [0.2, 0.25) is 0 Å². The predicted octanol–water partition coefficient (Wildman–Crippen LogP) is 1.28. The van der Waals surface area contributed by atoms with E-state index in [1.165, 1.54) is 5.56 Å². The van der Waals surface area contributed by atoms with Crippen LogP contribution in [0.1, 0.15) is 11.6 Å². The average molecular weight is 146 g/mol. The highest BCUT2D eigenvalue weighted by atomic mass is 14.9. The third-order valence-electron chi connectivity index (χ3n) is 1.83. The van der Waals surface area contributed by atoms with Crippen molar-refractivity contribution in [2.45, 2.75) is 6.04 Å². The van der Waals surface area contributed by atoms with Gasteiger partial charge in [-0.1, -0.05) is 18.2 Å². The molecule has 0 aliphatic carbocycles. The molecule has 0 amide bonds. The van der Waals surface area contributed by atoms with Gasteiger partial charge in [0.25, 0.3) is 0 Å². The lowest BCUT2D eigenvalue weighted by atomic mass is 10.1. The smallest absolute Gasteiger partial charge is 0.0524 e. The SMILES string of the molecule is C1=CC(c2cccnc2)NC1. The zero-order valence-electron chi connectivity index (χ0n) is 6.20. The fourth-order valence-electron chi connectivity index (χ4n) is 1.26. The van der Waals surface area contributed by atoms with Crippen LogP contribution in [-0.4, -0.2) is 11.5 Å². The molecule has 1 atom stereocenters. The number of rotatable bonds is 1. The summed E-state index contributed by atoms with van der Waals surface area (Å²) in [7, 11) is 0. The molecule has 2 nitrogen and oxygen atoms in total. The molecule has 0 fully saturated rings. The summed E-state index contributed by atoms with van der Waals surface area (Å²) in [6.07, 6.45) is 7.99. The molecule has 1 aliphatic rings. The Balaban J connectivity index is 2.23. The Labute approximate surface area is 66.0 Å². The quantitative estimate of drug-likeness (QED) is 0.604. The monoisotopic (exact) mass is 146 g/mol. The van der Waals surface area contributed by atoms with Crippen molar-refractivity contribution in [3.8, 4) is 0 Å². The van der Waals surface area contributed by atoms with E-state index in [0.717, 1.165) is 6.54 Å². The second-order valence-electron chi connectivity index (χ2n) is 2.60. The van der Waals surface area contributed by atoms with Crippen LogP contribution in [-0.2, 0) is 0 Å². The zero-order valence-corrected chi connectivity index (χ0v) is 6.20. The minimum atomic E-state index is 0.378. The average Bonchev–Trinajstić information content (AvgIpc) is 2.58. The molecule has 2 rings (SSSR count). The maximum atomic E-state index is 4.06. The van der Waals surface area contributed by atoms with Crippen molar-refractivity contribution in [1.82, 2.24) is 10.3 Å². The molecule has 1 unspecified atom stereocenters. The van der Waals surface area contributed by atoms with Gasteiger partial charge in [-0.25, -0.2) is 0 Å². The Morgan fingerprint density at radius 2 is 2.55 bits per heavy atom. The molecule has 0 bridgehead atoms. The lowest BCUT2D eigenvalue weighted by Crippen LogP contribution is -2.13. The van der Waals surface area contributed by atoms with Crippen LogP contribution >= 0.6 is 0 Å². The molecule has 0 saturated carbocycles. The highest BCUT2D eigenvalue weighted by Gasteiger charge is 2.09. The van der Waals surface area contributed by atoms with E-state index < -0.39 is 0 Å². The van der Waals surface area contributed by atoms with Crippen LogP contribution in [0.5, 0.6) is 0 Å². The molecule has 1 N–H and O–H groups in total. The van der Waals surface area contributed by atoms with Gasteiger partial charge in [0.05, 0.1) is 6.04 Å². The minimum absolute atomic E-state index is 0.378. The molecule has 1 aliphatic heterocycles. The summed E-state index contributed by atoms with van der Waals surface area (Å²) >= 11 is 0. The van der Waals surface area contributed by atoms with E-state index in [9.17, 15) is 0 Å². The molecule has 11 heavy (non-hydrogen) atoms. The number of nitrogens with zero attached hydrogens (tertiary/aromatic N) is 1. The van der Waals surface area contributed by atoms with Crippen molar-refractivity contribution in [2.75, 3.05) is 6.54 Å². The lowest BCUT2D eigenvalue weighted by molar-refractivity contribution is 0.710. The van der Waals surface area contributed by atoms with Gasteiger partial charge in [-0.15, -0.1) is 0 Å². The van der Waals surface area contributed by atoms with Crippen molar-refractivity contribution < 1.29 is 0 Å². The Bertz CT molecular complexity index is 254. The number of pyridine rings is 1. The van der Waals surface area contributed by atoms with Crippen LogP contribution in [0.15, 0.2) is 36.7 Å². The van der Waals surface area contributed by atoms with Crippen molar-refractivity contribution in [3.63, 3.8) is 0 Å². The molecule has 0 saturated heterocycles. The molecule has 2 heterocycles. The van der Waals surface area contributed by atoms with E-state index in [4.69, 9.17) is 0 Å². The molecular formula is C9H10N2. The van der Waals surface area contributed by atoms with E-state index in [0.29, 0.717) is 6.04 Å². The summed E-state index contributed by atoms with van der Waals surface area (Å²) in [5.74, 6) is 0. The second-order valence-corrected chi connectivity index (χ2v) is 2.60. The van der Waals surface area contributed by atoms with Gasteiger partial charge in [0.2, 0.25) is 0 Å². The Hall–Kier alpha value is -1.15. The number of hydrogen-bond donors (Lipinski definition) is 1. The largest absolute Gasteiger partial charge is 0.303 e. The molecule has 1 aromatic rings. The van der Waals surface area contributed by atoms with E-state index in [2.05, 4.69) is 28.5 Å². The summed E-state index contributed by atoms with van der Waals surface area (Å²) < 4.78 is 0. The fourth-order valence-corrected chi connectivity index (χ4v) is 1.26. The maximum Gasteiger partial charge on any atom is 0.0524 e. The predicted molar refractivity (Wildman–Crippen MR) is 44.1 cm³/mol. The molecule has 0 spiro atoms. The van der Waals surface area contributed by atoms with Crippen LogP contribution in [0.3, 0.4) is 0 Å². The van der Waals surface area contributed by atoms with Crippen LogP contribution in [0, 0.1) is 0 Å². The standard InChI is InChI=1S/C9H10N2/c1-3-8(7-10-5-1)9-4-2-6-11-9/h1-5,7,9,11H,6H2. The van der Waals surface area contributed by atoms with Gasteiger partial charge in [0.15, 0.2) is 0 Å². The van der Waals surface area contributed by atoms with E-state index in [1.807, 2.05) is 12.3 Å². The van der Waals surface area contributed by atoms with Gasteiger partial charge < -0.3 is 5.32 Å². The summed E-state index contributed by atoms with van der Waals surface area (Å²) in [6.45, 7) is 0.972. The van der Waals surface area contributed by atoms with Crippen LogP contribution in [0.25, 0.3) is 0 Å². The van der Waals surface area contributed by atoms with Crippen molar-refractivity contribution in [2.24, 2.45) is 0 Å². The van der Waals surface area contributed by atoms with Crippen molar-refractivity contribution >= 4 is 0 Å². The third kappa shape index (κ3) is 1.30. The van der Waals surface area contributed by atoms with Gasteiger partial charge in [-0.2, -0.15) is 0 Å². The van der Waals surface area contributed by atoms with Crippen LogP contribution in [0.4, 0.5) is 0 Å². The zero-order chi connectivity index (χ0) is 7.52. The van der Waals surface area contributed by atoms with Gasteiger partial charge in [0, 0.05) is 18.9 Å². The van der Waals surface area contributed by atoms with Crippen LogP contribution < -0.4 is 5.32 Å². The highest BCUT2D eigenvalue weighted by molar-refractivity contribution is 5.21. The van der Waals surface area contributed by atoms with Crippen molar-refractivity contribution in [3.05, 3.63) is 42.2 Å². The van der Waals surface area contributed by atoms with E-state index in [1.54, 1.807) is 6.20 Å². The molecule has 0 radical (unpaired) electrons. The number of aromatic nitrogens is 1. The fraction of sp³-hybridized carbons (Fsp3) is 0.222. The normalized spacial score (nSPS) is 22.4. The summed E-state index contributed by atoms with van der Waals surface area (Å²) in [6, 6.07) is 4.42. The summed E-state index contributed by atoms with van der Waals surface area (Å²) in [4.78, 5) is 4.06. The Morgan fingerprint density at radius 3 is 3.18 bits per heavy atom.